The predicted octanol–water partition coefficient (Wildman–Crippen LogP) is 6.89. The molecule has 0 unspecified atom stereocenters. The Bertz CT molecular complexity index is 907. The molecule has 0 aliphatic heterocycles. The second-order valence-corrected chi connectivity index (χ2v) is 6.95. The van der Waals surface area contributed by atoms with Crippen molar-refractivity contribution in [3.8, 4) is 5.75 Å². The number of anilines is 1. The molecule has 2 nitrogen and oxygen atoms in total. The number of halogens is 3. The van der Waals surface area contributed by atoms with Gasteiger partial charge in [-0.3, -0.25) is 0 Å². The van der Waals surface area contributed by atoms with E-state index in [9.17, 15) is 4.39 Å². The minimum Gasteiger partial charge on any atom is -0.486 e. The van der Waals surface area contributed by atoms with Crippen molar-refractivity contribution in [2.24, 2.45) is 0 Å². The first-order valence-electron chi connectivity index (χ1n) is 8.74. The molecule has 0 saturated heterocycles. The van der Waals surface area contributed by atoms with Crippen molar-refractivity contribution in [3.63, 3.8) is 0 Å². The van der Waals surface area contributed by atoms with Crippen LogP contribution in [0.15, 0.2) is 60.7 Å². The molecule has 3 aromatic carbocycles. The number of ether oxygens (including phenoxy) is 1. The molecular formula is C22H20Cl2FNO. The smallest absolute Gasteiger partial charge is 0.156 e. The molecule has 0 heterocycles. The molecule has 0 amide bonds. The average Bonchev–Trinajstić information content (AvgIpc) is 2.67. The summed E-state index contributed by atoms with van der Waals surface area (Å²) in [7, 11) is 0. The molecule has 1 N–H and O–H groups in total. The van der Waals surface area contributed by atoms with Gasteiger partial charge in [0.25, 0.3) is 0 Å². The molecule has 140 valence electrons. The van der Waals surface area contributed by atoms with E-state index in [1.807, 2.05) is 30.3 Å². The van der Waals surface area contributed by atoms with Crippen LogP contribution in [0, 0.1) is 5.82 Å². The van der Waals surface area contributed by atoms with Crippen LogP contribution in [0.2, 0.25) is 10.0 Å². The molecule has 5 heteroatoms. The maximum Gasteiger partial charge on any atom is 0.156 e. The van der Waals surface area contributed by atoms with Crippen LogP contribution in [-0.4, -0.2) is 0 Å². The summed E-state index contributed by atoms with van der Waals surface area (Å²) in [4.78, 5) is 0. The van der Waals surface area contributed by atoms with Gasteiger partial charge in [0.15, 0.2) is 5.75 Å². The van der Waals surface area contributed by atoms with Crippen LogP contribution in [-0.2, 0) is 19.6 Å². The van der Waals surface area contributed by atoms with Gasteiger partial charge in [-0.2, -0.15) is 0 Å². The Morgan fingerprint density at radius 1 is 0.926 bits per heavy atom. The summed E-state index contributed by atoms with van der Waals surface area (Å²) >= 11 is 12.7. The van der Waals surface area contributed by atoms with Crippen molar-refractivity contribution in [3.05, 3.63) is 93.2 Å². The van der Waals surface area contributed by atoms with Crippen molar-refractivity contribution in [1.82, 2.24) is 0 Å². The first-order chi connectivity index (χ1) is 13.1. The Hall–Kier alpha value is -2.23. The zero-order valence-corrected chi connectivity index (χ0v) is 16.4. The van der Waals surface area contributed by atoms with E-state index in [4.69, 9.17) is 27.9 Å². The number of nitrogens with one attached hydrogen (secondary N) is 1. The maximum atomic E-state index is 13.7. The van der Waals surface area contributed by atoms with E-state index in [-0.39, 0.29) is 12.4 Å². The molecule has 0 aliphatic rings. The van der Waals surface area contributed by atoms with Gasteiger partial charge in [-0.25, -0.2) is 4.39 Å². The van der Waals surface area contributed by atoms with Gasteiger partial charge in [0.05, 0.1) is 10.0 Å². The summed E-state index contributed by atoms with van der Waals surface area (Å²) in [6.07, 6.45) is 0.952. The van der Waals surface area contributed by atoms with Crippen LogP contribution in [0.25, 0.3) is 0 Å². The molecule has 0 saturated carbocycles. The average molecular weight is 404 g/mol. The Balaban J connectivity index is 1.70. The minimum absolute atomic E-state index is 0.0631. The normalized spacial score (nSPS) is 10.7. The quantitative estimate of drug-likeness (QED) is 0.463. The van der Waals surface area contributed by atoms with Crippen LogP contribution < -0.4 is 10.1 Å². The molecule has 3 rings (SSSR count). The van der Waals surface area contributed by atoms with Crippen LogP contribution >= 0.6 is 23.2 Å². The van der Waals surface area contributed by atoms with Gasteiger partial charge < -0.3 is 10.1 Å². The first kappa shape index (κ1) is 19.5. The third-order valence-electron chi connectivity index (χ3n) is 4.27. The van der Waals surface area contributed by atoms with Crippen LogP contribution in [0.4, 0.5) is 10.1 Å². The molecule has 0 aromatic heterocycles. The summed E-state index contributed by atoms with van der Waals surface area (Å²) < 4.78 is 19.4. The summed E-state index contributed by atoms with van der Waals surface area (Å²) in [5, 5.41) is 4.22. The lowest BCUT2D eigenvalue weighted by atomic mass is 10.1. The van der Waals surface area contributed by atoms with Crippen molar-refractivity contribution < 1.29 is 9.13 Å². The number of hydrogen-bond donors (Lipinski definition) is 1. The summed E-state index contributed by atoms with van der Waals surface area (Å²) in [6.45, 7) is 2.77. The highest BCUT2D eigenvalue weighted by atomic mass is 35.5. The van der Waals surface area contributed by atoms with E-state index >= 15 is 0 Å². The van der Waals surface area contributed by atoms with Crippen molar-refractivity contribution in [2.45, 2.75) is 26.5 Å². The number of hydrogen-bond acceptors (Lipinski definition) is 2. The van der Waals surface area contributed by atoms with Crippen LogP contribution in [0.5, 0.6) is 5.75 Å². The third-order valence-corrected chi connectivity index (χ3v) is 4.83. The summed E-state index contributed by atoms with van der Waals surface area (Å²) in [5.74, 6) is 0.0412. The van der Waals surface area contributed by atoms with Gasteiger partial charge >= 0.3 is 0 Å². The highest BCUT2D eigenvalue weighted by Gasteiger charge is 2.12. The van der Waals surface area contributed by atoms with Gasteiger partial charge in [0, 0.05) is 17.8 Å². The van der Waals surface area contributed by atoms with E-state index in [0.29, 0.717) is 27.9 Å². The van der Waals surface area contributed by atoms with Crippen molar-refractivity contribution in [1.29, 1.82) is 0 Å². The Labute approximate surface area is 168 Å². The minimum atomic E-state index is -0.319. The number of aryl methyl sites for hydroxylation is 1. The zero-order chi connectivity index (χ0) is 19.2. The lowest BCUT2D eigenvalue weighted by molar-refractivity contribution is 0.300. The monoisotopic (exact) mass is 403 g/mol. The fourth-order valence-corrected chi connectivity index (χ4v) is 3.46. The van der Waals surface area contributed by atoms with E-state index in [1.54, 1.807) is 18.2 Å². The summed E-state index contributed by atoms with van der Waals surface area (Å²) in [6, 6.07) is 18.3. The number of para-hydroxylation sites is 1. The molecule has 0 radical (unpaired) electrons. The molecule has 0 spiro atoms. The Morgan fingerprint density at radius 3 is 2.22 bits per heavy atom. The van der Waals surface area contributed by atoms with Crippen LogP contribution in [0.1, 0.15) is 23.6 Å². The fourth-order valence-electron chi connectivity index (χ4n) is 2.82. The standard InChI is InChI=1S/C22H20Cl2FNO/c1-2-16-7-4-6-10-21(16)26-13-15-11-18(23)22(19(24)12-15)27-14-17-8-3-5-9-20(17)25/h3-12,26H,2,13-14H2,1H3. The van der Waals surface area contributed by atoms with E-state index in [0.717, 1.165) is 17.7 Å². The molecule has 27 heavy (non-hydrogen) atoms. The van der Waals surface area contributed by atoms with E-state index in [1.165, 1.54) is 11.6 Å². The van der Waals surface area contributed by atoms with E-state index < -0.39 is 0 Å². The molecule has 3 aromatic rings. The molecule has 0 atom stereocenters. The number of benzene rings is 3. The molecule has 0 bridgehead atoms. The Kier molecular flexibility index (Phi) is 6.59. The fraction of sp³-hybridized carbons (Fsp3) is 0.182. The van der Waals surface area contributed by atoms with Gasteiger partial charge in [-0.05, 0) is 41.8 Å². The topological polar surface area (TPSA) is 21.3 Å². The zero-order valence-electron chi connectivity index (χ0n) is 14.9. The lowest BCUT2D eigenvalue weighted by Gasteiger charge is -2.14. The van der Waals surface area contributed by atoms with Crippen LogP contribution in [0.3, 0.4) is 0 Å². The summed E-state index contributed by atoms with van der Waals surface area (Å²) in [5.41, 5.74) is 3.73. The maximum absolute atomic E-state index is 13.7. The first-order valence-corrected chi connectivity index (χ1v) is 9.50. The third kappa shape index (κ3) is 4.94. The van der Waals surface area contributed by atoms with Gasteiger partial charge in [0.1, 0.15) is 12.4 Å². The molecular weight excluding hydrogens is 384 g/mol. The second-order valence-electron chi connectivity index (χ2n) is 6.13. The SMILES string of the molecule is CCc1ccccc1NCc1cc(Cl)c(OCc2ccccc2F)c(Cl)c1. The van der Waals surface area contributed by atoms with Crippen molar-refractivity contribution >= 4 is 28.9 Å². The lowest BCUT2D eigenvalue weighted by Crippen LogP contribution is -2.03. The van der Waals surface area contributed by atoms with Crippen molar-refractivity contribution in [2.75, 3.05) is 5.32 Å². The second kappa shape index (κ2) is 9.12. The van der Waals surface area contributed by atoms with Gasteiger partial charge in [-0.1, -0.05) is 66.5 Å². The largest absolute Gasteiger partial charge is 0.486 e. The molecule has 0 aliphatic carbocycles. The van der Waals surface area contributed by atoms with E-state index in [2.05, 4.69) is 18.3 Å². The number of rotatable bonds is 7. The predicted molar refractivity (Wildman–Crippen MR) is 110 cm³/mol. The highest BCUT2D eigenvalue weighted by Crippen LogP contribution is 2.35. The molecule has 0 fully saturated rings. The van der Waals surface area contributed by atoms with Gasteiger partial charge in [-0.15, -0.1) is 0 Å². The Morgan fingerprint density at radius 2 is 1.56 bits per heavy atom. The highest BCUT2D eigenvalue weighted by molar-refractivity contribution is 6.37. The van der Waals surface area contributed by atoms with Gasteiger partial charge in [0.2, 0.25) is 0 Å².